The highest BCUT2D eigenvalue weighted by Gasteiger charge is 2.35. The van der Waals surface area contributed by atoms with E-state index in [0.29, 0.717) is 0 Å². The topological polar surface area (TPSA) is 59.5 Å². The lowest BCUT2D eigenvalue weighted by molar-refractivity contribution is 0.476. The molecule has 0 aliphatic carbocycles. The highest BCUT2D eigenvalue weighted by atomic mass is 16.5. The van der Waals surface area contributed by atoms with Crippen LogP contribution in [0.15, 0.2) is 103 Å². The van der Waals surface area contributed by atoms with Gasteiger partial charge in [0.05, 0.1) is 45.4 Å². The van der Waals surface area contributed by atoms with E-state index in [1.54, 1.807) is 0 Å². The first-order valence-corrected chi connectivity index (χ1v) is 19.0. The first-order chi connectivity index (χ1) is 25.6. The van der Waals surface area contributed by atoms with Gasteiger partial charge in [-0.1, -0.05) is 95.8 Å². The number of rotatable bonds is 11. The van der Waals surface area contributed by atoms with Crippen molar-refractivity contribution in [3.8, 4) is 45.5 Å². The fourth-order valence-corrected chi connectivity index (χ4v) is 7.67. The van der Waals surface area contributed by atoms with Gasteiger partial charge in [0.25, 0.3) is 0 Å². The van der Waals surface area contributed by atoms with Crippen LogP contribution in [-0.4, -0.2) is 9.97 Å². The summed E-state index contributed by atoms with van der Waals surface area (Å²) in [5.41, 5.74) is 13.5. The lowest BCUT2D eigenvalue weighted by Crippen LogP contribution is -2.19. The molecule has 0 unspecified atom stereocenters. The predicted octanol–water partition coefficient (Wildman–Crippen LogP) is 13.0. The minimum atomic E-state index is 0.762. The normalized spacial score (nSPS) is 12.5. The van der Waals surface area contributed by atoms with Crippen molar-refractivity contribution in [3.05, 3.63) is 126 Å². The van der Waals surface area contributed by atoms with Crippen LogP contribution in [0, 0.1) is 0 Å². The molecule has 0 bridgehead atoms. The van der Waals surface area contributed by atoms with Gasteiger partial charge >= 0.3 is 0 Å². The van der Waals surface area contributed by atoms with Crippen LogP contribution in [-0.2, 0) is 25.7 Å². The monoisotopic (exact) mass is 686 g/mol. The lowest BCUT2D eigenvalue weighted by atomic mass is 9.90. The molecule has 0 spiro atoms. The molecular formula is C46H46N4O2. The Labute approximate surface area is 307 Å². The number of hydrogen-bond acceptors (Lipinski definition) is 6. The van der Waals surface area contributed by atoms with Crippen molar-refractivity contribution in [1.82, 2.24) is 9.97 Å². The van der Waals surface area contributed by atoms with Crippen LogP contribution in [0.3, 0.4) is 0 Å². The summed E-state index contributed by atoms with van der Waals surface area (Å²) in [4.78, 5) is 13.1. The van der Waals surface area contributed by atoms with Crippen molar-refractivity contribution >= 4 is 28.4 Å². The number of benzene rings is 4. The summed E-state index contributed by atoms with van der Waals surface area (Å²) in [6.07, 6.45) is 9.71. The number of nitrogens with zero attached hydrogens (tertiary/aromatic N) is 3. The summed E-state index contributed by atoms with van der Waals surface area (Å²) in [6, 6.07) is 34.1. The summed E-state index contributed by atoms with van der Waals surface area (Å²) < 4.78 is 13.5. The van der Waals surface area contributed by atoms with E-state index in [1.165, 1.54) is 16.7 Å². The number of aryl methyl sites for hydroxylation is 4. The van der Waals surface area contributed by atoms with E-state index in [9.17, 15) is 0 Å². The Hall–Kier alpha value is -5.62. The highest BCUT2D eigenvalue weighted by Crippen LogP contribution is 2.60. The second kappa shape index (κ2) is 14.5. The van der Waals surface area contributed by atoms with Gasteiger partial charge in [-0.3, -0.25) is 9.97 Å². The average Bonchev–Trinajstić information content (AvgIpc) is 3.17. The predicted molar refractivity (Wildman–Crippen MR) is 213 cm³/mol. The average molecular weight is 687 g/mol. The molecule has 6 aromatic rings. The van der Waals surface area contributed by atoms with Gasteiger partial charge in [0.15, 0.2) is 23.0 Å². The molecule has 2 aliphatic heterocycles. The Balaban J connectivity index is 1.53. The van der Waals surface area contributed by atoms with Crippen LogP contribution < -0.4 is 19.7 Å². The molecular weight excluding hydrogens is 641 g/mol. The second-order valence-corrected chi connectivity index (χ2v) is 13.8. The van der Waals surface area contributed by atoms with Crippen molar-refractivity contribution in [1.29, 1.82) is 0 Å². The summed E-state index contributed by atoms with van der Waals surface area (Å²) in [5, 5.41) is 3.91. The van der Waals surface area contributed by atoms with Crippen LogP contribution in [0.2, 0.25) is 0 Å². The molecule has 8 rings (SSSR count). The van der Waals surface area contributed by atoms with Gasteiger partial charge in [-0.15, -0.1) is 0 Å². The van der Waals surface area contributed by atoms with Crippen molar-refractivity contribution in [2.24, 2.45) is 0 Å². The molecule has 2 aliphatic rings. The maximum Gasteiger partial charge on any atom is 0.152 e. The highest BCUT2D eigenvalue weighted by molar-refractivity contribution is 6.07. The molecule has 262 valence electrons. The maximum atomic E-state index is 6.93. The zero-order valence-corrected chi connectivity index (χ0v) is 30.6. The Kier molecular flexibility index (Phi) is 9.38. The van der Waals surface area contributed by atoms with E-state index in [4.69, 9.17) is 19.4 Å². The van der Waals surface area contributed by atoms with Gasteiger partial charge in [0, 0.05) is 17.5 Å². The van der Waals surface area contributed by atoms with Gasteiger partial charge in [-0.25, -0.2) is 0 Å². The molecule has 0 amide bonds. The van der Waals surface area contributed by atoms with Crippen LogP contribution in [0.1, 0.15) is 75.8 Å². The fourth-order valence-electron chi connectivity index (χ4n) is 7.67. The van der Waals surface area contributed by atoms with Crippen molar-refractivity contribution < 1.29 is 9.47 Å². The zero-order valence-electron chi connectivity index (χ0n) is 30.6. The van der Waals surface area contributed by atoms with Gasteiger partial charge in [-0.2, -0.15) is 0 Å². The summed E-state index contributed by atoms with van der Waals surface area (Å²) in [5.74, 6) is 3.17. The van der Waals surface area contributed by atoms with Crippen LogP contribution >= 0.6 is 0 Å². The smallest absolute Gasteiger partial charge is 0.152 e. The van der Waals surface area contributed by atoms with E-state index in [-0.39, 0.29) is 0 Å². The number of anilines is 5. The van der Waals surface area contributed by atoms with Gasteiger partial charge < -0.3 is 19.7 Å². The Morgan fingerprint density at radius 3 is 1.98 bits per heavy atom. The molecule has 0 saturated heterocycles. The molecule has 52 heavy (non-hydrogen) atoms. The third kappa shape index (κ3) is 6.06. The number of nitrogens with one attached hydrogen (secondary N) is 1. The number of ether oxygens (including phenoxy) is 2. The fraction of sp³-hybridized carbons (Fsp3) is 0.261. The molecule has 0 radical (unpaired) electrons. The molecule has 0 atom stereocenters. The number of pyridine rings is 2. The summed E-state index contributed by atoms with van der Waals surface area (Å²) >= 11 is 0. The molecule has 6 heteroatoms. The molecule has 4 aromatic carbocycles. The van der Waals surface area contributed by atoms with Crippen LogP contribution in [0.25, 0.3) is 22.5 Å². The van der Waals surface area contributed by atoms with Crippen molar-refractivity contribution in [2.45, 2.75) is 79.1 Å². The summed E-state index contributed by atoms with van der Waals surface area (Å²) in [7, 11) is 0. The SMILES string of the molecule is CCCc1ccc2c(c1)Nc1c(cc(-c3nc(CCC)ccc3CCC)c(N3c4ccccc4Oc4ccccc43)c1-c1ncccc1CCC)O2. The minimum absolute atomic E-state index is 0.762. The number of hydrogen-bond donors (Lipinski definition) is 1. The number of fused-ring (bicyclic) bond motifs is 4. The van der Waals surface area contributed by atoms with Gasteiger partial charge in [-0.05, 0) is 97.0 Å². The van der Waals surface area contributed by atoms with Crippen LogP contribution in [0.5, 0.6) is 23.0 Å². The first-order valence-electron chi connectivity index (χ1n) is 19.0. The second-order valence-electron chi connectivity index (χ2n) is 13.8. The third-order valence-corrected chi connectivity index (χ3v) is 9.95. The Morgan fingerprint density at radius 2 is 1.27 bits per heavy atom. The Morgan fingerprint density at radius 1 is 0.596 bits per heavy atom. The van der Waals surface area contributed by atoms with E-state index in [0.717, 1.165) is 131 Å². The van der Waals surface area contributed by atoms with Gasteiger partial charge in [0.2, 0.25) is 0 Å². The largest absolute Gasteiger partial charge is 0.453 e. The molecule has 1 N–H and O–H groups in total. The minimum Gasteiger partial charge on any atom is -0.453 e. The van der Waals surface area contributed by atoms with Crippen LogP contribution in [0.4, 0.5) is 28.4 Å². The zero-order chi connectivity index (χ0) is 35.6. The van der Waals surface area contributed by atoms with Crippen molar-refractivity contribution in [2.75, 3.05) is 10.2 Å². The molecule has 0 saturated carbocycles. The lowest BCUT2D eigenvalue weighted by Gasteiger charge is -2.37. The van der Waals surface area contributed by atoms with E-state index in [2.05, 4.69) is 123 Å². The Bertz CT molecular complexity index is 2220. The molecule has 4 heterocycles. The summed E-state index contributed by atoms with van der Waals surface area (Å²) in [6.45, 7) is 8.89. The van der Waals surface area contributed by atoms with E-state index in [1.807, 2.05) is 18.3 Å². The quantitative estimate of drug-likeness (QED) is 0.146. The van der Waals surface area contributed by atoms with E-state index >= 15 is 0 Å². The number of aromatic nitrogens is 2. The molecule has 6 nitrogen and oxygen atoms in total. The maximum absolute atomic E-state index is 6.93. The van der Waals surface area contributed by atoms with Crippen molar-refractivity contribution in [3.63, 3.8) is 0 Å². The van der Waals surface area contributed by atoms with Gasteiger partial charge in [0.1, 0.15) is 0 Å². The third-order valence-electron chi connectivity index (χ3n) is 9.95. The molecule has 2 aromatic heterocycles. The van der Waals surface area contributed by atoms with E-state index < -0.39 is 0 Å². The number of para-hydroxylation sites is 4. The molecule has 0 fully saturated rings. The standard InChI is InChI=1S/C46H46N4O2/c1-5-14-30-23-26-38-35(28-30)49-45-41(51-38)29-34(43-32(16-7-3)24-25-33(48-43)17-8-4)46(42(45)44-31(15-6-2)18-13-27-47-44)50-36-19-9-11-21-39(36)52-40-22-12-10-20-37(40)50/h9-13,18-29,49H,5-8,14-17H2,1-4H3. The first kappa shape index (κ1) is 33.5.